The summed E-state index contributed by atoms with van der Waals surface area (Å²) in [6, 6.07) is 8.70. The molecule has 1 aromatic carbocycles. The van der Waals surface area contributed by atoms with E-state index in [1.807, 2.05) is 6.07 Å². The fraction of sp³-hybridized carbons (Fsp3) is 0.188. The number of benzene rings is 1. The molecule has 8 heteroatoms. The Bertz CT molecular complexity index is 906. The minimum atomic E-state index is -1.03. The standard InChI is InChI=1S/C16H14N4O4/c1-9-7-14(20-24-9)19-15(21)10(2)23-16(22)13-8-17-11-5-3-4-6-12(11)18-13/h3-8,10H,1-2H3,(H,19,20,21). The quantitative estimate of drug-likeness (QED) is 0.732. The van der Waals surface area contributed by atoms with E-state index in [9.17, 15) is 9.59 Å². The fourth-order valence-corrected chi connectivity index (χ4v) is 1.98. The summed E-state index contributed by atoms with van der Waals surface area (Å²) in [5, 5.41) is 6.13. The van der Waals surface area contributed by atoms with Crippen LogP contribution in [0.25, 0.3) is 11.0 Å². The van der Waals surface area contributed by atoms with E-state index in [0.29, 0.717) is 16.8 Å². The van der Waals surface area contributed by atoms with E-state index in [0.717, 1.165) is 0 Å². The average molecular weight is 326 g/mol. The van der Waals surface area contributed by atoms with Crippen LogP contribution >= 0.6 is 0 Å². The average Bonchev–Trinajstić information content (AvgIpc) is 2.99. The molecule has 0 aliphatic rings. The number of anilines is 1. The third kappa shape index (κ3) is 3.37. The number of nitrogens with one attached hydrogen (secondary N) is 1. The van der Waals surface area contributed by atoms with Crippen molar-refractivity contribution in [2.45, 2.75) is 20.0 Å². The van der Waals surface area contributed by atoms with E-state index in [4.69, 9.17) is 9.26 Å². The van der Waals surface area contributed by atoms with Gasteiger partial charge in [-0.05, 0) is 26.0 Å². The van der Waals surface area contributed by atoms with Crippen LogP contribution in [0.15, 0.2) is 41.1 Å². The number of hydrogen-bond donors (Lipinski definition) is 1. The van der Waals surface area contributed by atoms with E-state index in [1.54, 1.807) is 31.2 Å². The summed E-state index contributed by atoms with van der Waals surface area (Å²) in [5.41, 5.74) is 1.27. The van der Waals surface area contributed by atoms with Crippen LogP contribution in [0.3, 0.4) is 0 Å². The molecule has 24 heavy (non-hydrogen) atoms. The maximum Gasteiger partial charge on any atom is 0.359 e. The van der Waals surface area contributed by atoms with Gasteiger partial charge in [-0.25, -0.2) is 9.78 Å². The monoisotopic (exact) mass is 326 g/mol. The van der Waals surface area contributed by atoms with Crippen LogP contribution in [0.2, 0.25) is 0 Å². The van der Waals surface area contributed by atoms with Gasteiger partial charge in [0.1, 0.15) is 5.76 Å². The molecular formula is C16H14N4O4. The Morgan fingerprint density at radius 2 is 2.00 bits per heavy atom. The molecule has 0 saturated carbocycles. The van der Waals surface area contributed by atoms with Crippen LogP contribution in [0.4, 0.5) is 5.82 Å². The fourth-order valence-electron chi connectivity index (χ4n) is 1.98. The number of rotatable bonds is 4. The summed E-state index contributed by atoms with van der Waals surface area (Å²) in [6.45, 7) is 3.15. The molecule has 1 atom stereocenters. The zero-order chi connectivity index (χ0) is 17.1. The highest BCUT2D eigenvalue weighted by Gasteiger charge is 2.21. The van der Waals surface area contributed by atoms with Gasteiger partial charge in [0.15, 0.2) is 17.6 Å². The molecule has 0 bridgehead atoms. The Labute approximate surface area is 136 Å². The van der Waals surface area contributed by atoms with E-state index in [-0.39, 0.29) is 11.5 Å². The van der Waals surface area contributed by atoms with E-state index < -0.39 is 18.0 Å². The Kier molecular flexibility index (Phi) is 4.19. The lowest BCUT2D eigenvalue weighted by atomic mass is 10.3. The minimum absolute atomic E-state index is 0.0330. The van der Waals surface area contributed by atoms with Crippen LogP contribution in [-0.4, -0.2) is 33.1 Å². The first-order valence-electron chi connectivity index (χ1n) is 7.20. The highest BCUT2D eigenvalue weighted by Crippen LogP contribution is 2.11. The van der Waals surface area contributed by atoms with Gasteiger partial charge in [0, 0.05) is 6.07 Å². The molecule has 0 aliphatic heterocycles. The lowest BCUT2D eigenvalue weighted by Crippen LogP contribution is -2.30. The third-order valence-electron chi connectivity index (χ3n) is 3.19. The van der Waals surface area contributed by atoms with Crippen molar-refractivity contribution in [3.63, 3.8) is 0 Å². The zero-order valence-electron chi connectivity index (χ0n) is 13.0. The molecule has 0 saturated heterocycles. The van der Waals surface area contributed by atoms with Gasteiger partial charge >= 0.3 is 5.97 Å². The number of esters is 1. The number of hydrogen-bond acceptors (Lipinski definition) is 7. The van der Waals surface area contributed by atoms with Gasteiger partial charge in [0.2, 0.25) is 0 Å². The summed E-state index contributed by atoms with van der Waals surface area (Å²) in [7, 11) is 0. The number of nitrogens with zero attached hydrogens (tertiary/aromatic N) is 3. The highest BCUT2D eigenvalue weighted by atomic mass is 16.5. The van der Waals surface area contributed by atoms with E-state index in [2.05, 4.69) is 20.4 Å². The molecule has 3 aromatic rings. The first-order chi connectivity index (χ1) is 11.5. The molecule has 8 nitrogen and oxygen atoms in total. The van der Waals surface area contributed by atoms with Crippen molar-refractivity contribution in [2.75, 3.05) is 5.32 Å². The number of fused-ring (bicyclic) bond motifs is 1. The van der Waals surface area contributed by atoms with Gasteiger partial charge in [-0.2, -0.15) is 0 Å². The molecule has 0 radical (unpaired) electrons. The van der Waals surface area contributed by atoms with Crippen molar-refractivity contribution in [3.8, 4) is 0 Å². The topological polar surface area (TPSA) is 107 Å². The van der Waals surface area contributed by atoms with Crippen molar-refractivity contribution >= 4 is 28.7 Å². The molecule has 0 spiro atoms. The Morgan fingerprint density at radius 1 is 1.25 bits per heavy atom. The molecular weight excluding hydrogens is 312 g/mol. The number of aromatic nitrogens is 3. The number of ether oxygens (including phenoxy) is 1. The molecule has 1 amide bonds. The second-order valence-corrected chi connectivity index (χ2v) is 5.10. The maximum atomic E-state index is 12.1. The second-order valence-electron chi connectivity index (χ2n) is 5.10. The normalized spacial score (nSPS) is 11.9. The Morgan fingerprint density at radius 3 is 2.71 bits per heavy atom. The number of para-hydroxylation sites is 2. The first-order valence-corrected chi connectivity index (χ1v) is 7.20. The van der Waals surface area contributed by atoms with Crippen molar-refractivity contribution in [3.05, 3.63) is 48.0 Å². The Balaban J connectivity index is 1.67. The van der Waals surface area contributed by atoms with Crippen LogP contribution in [0.5, 0.6) is 0 Å². The molecule has 3 rings (SSSR count). The summed E-state index contributed by atoms with van der Waals surface area (Å²) in [6.07, 6.45) is 0.291. The predicted octanol–water partition coefficient (Wildman–Crippen LogP) is 2.11. The Hall–Kier alpha value is -3.29. The summed E-state index contributed by atoms with van der Waals surface area (Å²) in [4.78, 5) is 32.4. The summed E-state index contributed by atoms with van der Waals surface area (Å²) < 4.78 is 9.96. The molecule has 0 aliphatic carbocycles. The zero-order valence-corrected chi connectivity index (χ0v) is 13.0. The van der Waals surface area contributed by atoms with Crippen molar-refractivity contribution in [1.29, 1.82) is 0 Å². The van der Waals surface area contributed by atoms with Gasteiger partial charge in [0.25, 0.3) is 5.91 Å². The summed E-state index contributed by atoms with van der Waals surface area (Å²) in [5.74, 6) is -0.440. The second kappa shape index (κ2) is 6.45. The lowest BCUT2D eigenvalue weighted by molar-refractivity contribution is -0.123. The number of amides is 1. The van der Waals surface area contributed by atoms with Crippen molar-refractivity contribution in [2.24, 2.45) is 0 Å². The minimum Gasteiger partial charge on any atom is -0.448 e. The number of carbonyl (C=O) groups is 2. The number of aryl methyl sites for hydroxylation is 1. The van der Waals surface area contributed by atoms with E-state index >= 15 is 0 Å². The summed E-state index contributed by atoms with van der Waals surface area (Å²) >= 11 is 0. The molecule has 1 N–H and O–H groups in total. The van der Waals surface area contributed by atoms with Crippen molar-refractivity contribution < 1.29 is 18.8 Å². The van der Waals surface area contributed by atoms with Gasteiger partial charge < -0.3 is 14.6 Å². The van der Waals surface area contributed by atoms with Crippen molar-refractivity contribution in [1.82, 2.24) is 15.1 Å². The molecule has 1 unspecified atom stereocenters. The highest BCUT2D eigenvalue weighted by molar-refractivity contribution is 5.96. The number of carbonyl (C=O) groups excluding carboxylic acids is 2. The smallest absolute Gasteiger partial charge is 0.359 e. The van der Waals surface area contributed by atoms with Gasteiger partial charge in [0.05, 0.1) is 17.2 Å². The van der Waals surface area contributed by atoms with Gasteiger partial charge in [-0.1, -0.05) is 17.3 Å². The van der Waals surface area contributed by atoms with Crippen LogP contribution < -0.4 is 5.32 Å². The lowest BCUT2D eigenvalue weighted by Gasteiger charge is -2.11. The maximum absolute atomic E-state index is 12.1. The van der Waals surface area contributed by atoms with E-state index in [1.165, 1.54) is 13.1 Å². The largest absolute Gasteiger partial charge is 0.448 e. The van der Waals surface area contributed by atoms with Gasteiger partial charge in [-0.15, -0.1) is 0 Å². The third-order valence-corrected chi connectivity index (χ3v) is 3.19. The van der Waals surface area contributed by atoms with Crippen LogP contribution in [0.1, 0.15) is 23.2 Å². The molecule has 2 heterocycles. The van der Waals surface area contributed by atoms with Crippen LogP contribution in [-0.2, 0) is 9.53 Å². The molecule has 0 fully saturated rings. The first kappa shape index (κ1) is 15.6. The molecule has 122 valence electrons. The SMILES string of the molecule is Cc1cc(NC(=O)C(C)OC(=O)c2cnc3ccccc3n2)no1. The predicted molar refractivity (Wildman–Crippen MR) is 84.3 cm³/mol. The van der Waals surface area contributed by atoms with Crippen LogP contribution in [0, 0.1) is 6.92 Å². The molecule has 2 aromatic heterocycles. The van der Waals surface area contributed by atoms with Gasteiger partial charge in [-0.3, -0.25) is 9.78 Å².